The summed E-state index contributed by atoms with van der Waals surface area (Å²) in [6.07, 6.45) is 0.0631. The molecule has 0 spiro atoms. The van der Waals surface area contributed by atoms with Crippen LogP contribution in [0.5, 0.6) is 0 Å². The van der Waals surface area contributed by atoms with E-state index in [2.05, 4.69) is 15.1 Å². The van der Waals surface area contributed by atoms with Gasteiger partial charge < -0.3 is 9.63 Å². The Morgan fingerprint density at radius 3 is 2.58 bits per heavy atom. The molecule has 2 atom stereocenters. The van der Waals surface area contributed by atoms with Crippen molar-refractivity contribution in [1.82, 2.24) is 15.1 Å². The molecule has 5 nitrogen and oxygen atoms in total. The maximum absolute atomic E-state index is 9.80. The van der Waals surface area contributed by atoms with Crippen molar-refractivity contribution in [2.45, 2.75) is 46.1 Å². The van der Waals surface area contributed by atoms with Gasteiger partial charge in [0.2, 0.25) is 5.89 Å². The van der Waals surface area contributed by atoms with Crippen molar-refractivity contribution in [1.29, 1.82) is 0 Å². The minimum Gasteiger partial charge on any atom is -0.393 e. The zero-order valence-corrected chi connectivity index (χ0v) is 12.4. The van der Waals surface area contributed by atoms with Crippen LogP contribution in [-0.4, -0.2) is 26.3 Å². The molecule has 0 amide bonds. The quantitative estimate of drug-likeness (QED) is 0.911. The van der Waals surface area contributed by atoms with Gasteiger partial charge in [-0.05, 0) is 19.8 Å². The number of hydrogen-bond acceptors (Lipinski definition) is 6. The SMILES string of the molecule is Cc1nc(Cc2noc(C(C(C)C)C(C)O)n2)cs1. The smallest absolute Gasteiger partial charge is 0.232 e. The molecule has 2 aromatic heterocycles. The summed E-state index contributed by atoms with van der Waals surface area (Å²) in [6.45, 7) is 7.78. The van der Waals surface area contributed by atoms with Gasteiger partial charge in [-0.25, -0.2) is 4.98 Å². The Labute approximate surface area is 116 Å². The first-order valence-electron chi connectivity index (χ1n) is 6.39. The van der Waals surface area contributed by atoms with Crippen LogP contribution in [0, 0.1) is 12.8 Å². The van der Waals surface area contributed by atoms with Crippen LogP contribution in [0.15, 0.2) is 9.90 Å². The summed E-state index contributed by atoms with van der Waals surface area (Å²) in [5.74, 6) is 1.24. The maximum atomic E-state index is 9.80. The van der Waals surface area contributed by atoms with Crippen LogP contribution in [0.2, 0.25) is 0 Å². The van der Waals surface area contributed by atoms with Crippen molar-refractivity contribution in [3.05, 3.63) is 27.8 Å². The molecule has 0 saturated carbocycles. The van der Waals surface area contributed by atoms with Gasteiger partial charge in [0.1, 0.15) is 0 Å². The highest BCUT2D eigenvalue weighted by atomic mass is 32.1. The van der Waals surface area contributed by atoms with E-state index in [4.69, 9.17) is 4.52 Å². The van der Waals surface area contributed by atoms with Crippen molar-refractivity contribution >= 4 is 11.3 Å². The third-order valence-corrected chi connectivity index (χ3v) is 3.84. The molecule has 0 bridgehead atoms. The highest BCUT2D eigenvalue weighted by molar-refractivity contribution is 7.09. The first kappa shape index (κ1) is 14.1. The van der Waals surface area contributed by atoms with Crippen LogP contribution in [0.3, 0.4) is 0 Å². The highest BCUT2D eigenvalue weighted by Gasteiger charge is 2.27. The molecular formula is C13H19N3O2S. The molecule has 104 valence electrons. The molecule has 0 fully saturated rings. The monoisotopic (exact) mass is 281 g/mol. The molecule has 2 heterocycles. The van der Waals surface area contributed by atoms with E-state index in [9.17, 15) is 5.11 Å². The largest absolute Gasteiger partial charge is 0.393 e. The first-order chi connectivity index (χ1) is 8.97. The fourth-order valence-corrected chi connectivity index (χ4v) is 2.79. The topological polar surface area (TPSA) is 72.0 Å². The van der Waals surface area contributed by atoms with Gasteiger partial charge in [-0.15, -0.1) is 11.3 Å². The lowest BCUT2D eigenvalue weighted by Crippen LogP contribution is -2.20. The fraction of sp³-hybridized carbons (Fsp3) is 0.615. The van der Waals surface area contributed by atoms with Gasteiger partial charge in [0.05, 0.1) is 29.1 Å². The van der Waals surface area contributed by atoms with Crippen molar-refractivity contribution in [3.63, 3.8) is 0 Å². The summed E-state index contributed by atoms with van der Waals surface area (Å²) in [4.78, 5) is 8.76. The number of rotatable bonds is 5. The molecule has 19 heavy (non-hydrogen) atoms. The Morgan fingerprint density at radius 2 is 2.05 bits per heavy atom. The summed E-state index contributed by atoms with van der Waals surface area (Å²) in [5.41, 5.74) is 0.952. The predicted octanol–water partition coefficient (Wildman–Crippen LogP) is 2.55. The Balaban J connectivity index is 2.14. The zero-order valence-electron chi connectivity index (χ0n) is 11.6. The van der Waals surface area contributed by atoms with Crippen molar-refractivity contribution < 1.29 is 9.63 Å². The van der Waals surface area contributed by atoms with Crippen LogP contribution >= 0.6 is 11.3 Å². The fourth-order valence-electron chi connectivity index (χ4n) is 2.17. The zero-order chi connectivity index (χ0) is 14.0. The van der Waals surface area contributed by atoms with Crippen LogP contribution in [0.1, 0.15) is 49.1 Å². The molecule has 2 rings (SSSR count). The average molecular weight is 281 g/mol. The molecule has 0 aliphatic rings. The third kappa shape index (κ3) is 3.39. The van der Waals surface area contributed by atoms with E-state index in [1.165, 1.54) is 0 Å². The second-order valence-corrected chi connectivity index (χ2v) is 6.16. The minimum absolute atomic E-state index is 0.126. The highest BCUT2D eigenvalue weighted by Crippen LogP contribution is 2.26. The van der Waals surface area contributed by atoms with E-state index in [-0.39, 0.29) is 11.8 Å². The molecule has 0 aliphatic heterocycles. The Morgan fingerprint density at radius 1 is 1.32 bits per heavy atom. The van der Waals surface area contributed by atoms with E-state index >= 15 is 0 Å². The molecule has 0 aromatic carbocycles. The molecule has 1 N–H and O–H groups in total. The van der Waals surface area contributed by atoms with E-state index in [1.807, 2.05) is 26.2 Å². The maximum Gasteiger partial charge on any atom is 0.232 e. The van der Waals surface area contributed by atoms with Crippen molar-refractivity contribution in [3.8, 4) is 0 Å². The van der Waals surface area contributed by atoms with Gasteiger partial charge in [0, 0.05) is 5.38 Å². The summed E-state index contributed by atoms with van der Waals surface area (Å²) >= 11 is 1.61. The predicted molar refractivity (Wildman–Crippen MR) is 73.2 cm³/mol. The number of hydrogen-bond donors (Lipinski definition) is 1. The number of nitrogens with zero attached hydrogens (tertiary/aromatic N) is 3. The van der Waals surface area contributed by atoms with E-state index in [1.54, 1.807) is 18.3 Å². The lowest BCUT2D eigenvalue weighted by atomic mass is 9.91. The molecule has 0 saturated heterocycles. The van der Waals surface area contributed by atoms with Gasteiger partial charge >= 0.3 is 0 Å². The van der Waals surface area contributed by atoms with E-state index < -0.39 is 6.10 Å². The number of aliphatic hydroxyl groups excluding tert-OH is 1. The van der Waals surface area contributed by atoms with Crippen LogP contribution in [0.25, 0.3) is 0 Å². The lowest BCUT2D eigenvalue weighted by molar-refractivity contribution is 0.120. The summed E-state index contributed by atoms with van der Waals surface area (Å²) < 4.78 is 5.28. The Kier molecular flexibility index (Phi) is 4.31. The van der Waals surface area contributed by atoms with E-state index in [0.29, 0.717) is 18.1 Å². The normalized spacial score (nSPS) is 14.8. The van der Waals surface area contributed by atoms with Gasteiger partial charge in [0.15, 0.2) is 5.82 Å². The summed E-state index contributed by atoms with van der Waals surface area (Å²) in [5, 5.41) is 16.8. The summed E-state index contributed by atoms with van der Waals surface area (Å²) in [6, 6.07) is 0. The molecule has 2 aromatic rings. The van der Waals surface area contributed by atoms with Gasteiger partial charge in [-0.3, -0.25) is 0 Å². The molecular weight excluding hydrogens is 262 g/mol. The molecule has 6 heteroatoms. The second-order valence-electron chi connectivity index (χ2n) is 5.09. The summed E-state index contributed by atoms with van der Waals surface area (Å²) in [7, 11) is 0. The minimum atomic E-state index is -0.505. The van der Waals surface area contributed by atoms with Crippen molar-refractivity contribution in [2.75, 3.05) is 0 Å². The van der Waals surface area contributed by atoms with Crippen LogP contribution in [-0.2, 0) is 6.42 Å². The lowest BCUT2D eigenvalue weighted by Gasteiger charge is -2.19. The second kappa shape index (κ2) is 5.79. The van der Waals surface area contributed by atoms with Gasteiger partial charge in [-0.1, -0.05) is 19.0 Å². The van der Waals surface area contributed by atoms with Crippen LogP contribution in [0.4, 0.5) is 0 Å². The molecule has 0 aliphatic carbocycles. The number of aryl methyl sites for hydroxylation is 1. The van der Waals surface area contributed by atoms with Crippen LogP contribution < -0.4 is 0 Å². The average Bonchev–Trinajstić information content (AvgIpc) is 2.88. The molecule has 2 unspecified atom stereocenters. The van der Waals surface area contributed by atoms with Gasteiger partial charge in [-0.2, -0.15) is 4.98 Å². The van der Waals surface area contributed by atoms with Crippen molar-refractivity contribution in [2.24, 2.45) is 5.92 Å². The molecule has 0 radical (unpaired) electrons. The number of aliphatic hydroxyl groups is 1. The Hall–Kier alpha value is -1.27. The third-order valence-electron chi connectivity index (χ3n) is 3.01. The van der Waals surface area contributed by atoms with E-state index in [0.717, 1.165) is 10.7 Å². The Bertz CT molecular complexity index is 525. The number of aromatic nitrogens is 3. The number of thiazole rings is 1. The first-order valence-corrected chi connectivity index (χ1v) is 7.27. The van der Waals surface area contributed by atoms with Gasteiger partial charge in [0.25, 0.3) is 0 Å². The standard InChI is InChI=1S/C13H19N3O2S/c1-7(2)12(8(3)17)13-15-11(16-18-13)5-10-6-19-9(4)14-10/h6-8,12,17H,5H2,1-4H3.